The van der Waals surface area contributed by atoms with Crippen LogP contribution in [0.3, 0.4) is 0 Å². The van der Waals surface area contributed by atoms with E-state index in [1.165, 1.54) is 0 Å². The van der Waals surface area contributed by atoms with Crippen LogP contribution in [-0.2, 0) is 6.54 Å². The highest BCUT2D eigenvalue weighted by Crippen LogP contribution is 2.30. The quantitative estimate of drug-likeness (QED) is 0.636. The maximum absolute atomic E-state index is 12.7. The molecule has 0 fully saturated rings. The van der Waals surface area contributed by atoms with Gasteiger partial charge in [-0.1, -0.05) is 30.3 Å². The Kier molecular flexibility index (Phi) is 4.36. The molecule has 22 heavy (non-hydrogen) atoms. The second-order valence-corrected chi connectivity index (χ2v) is 6.87. The van der Waals surface area contributed by atoms with E-state index in [1.54, 1.807) is 11.1 Å². The summed E-state index contributed by atoms with van der Waals surface area (Å²) in [6, 6.07) is 13.9. The van der Waals surface area contributed by atoms with Gasteiger partial charge < -0.3 is 9.88 Å². The van der Waals surface area contributed by atoms with Gasteiger partial charge in [-0.05, 0) is 49.6 Å². The number of carbonyl (C=O) groups excluding carboxylic acids is 1. The molecular weight excluding hydrogens is 408 g/mol. The van der Waals surface area contributed by atoms with Crippen molar-refractivity contribution in [3.8, 4) is 0 Å². The van der Waals surface area contributed by atoms with Crippen molar-refractivity contribution in [2.75, 3.05) is 7.05 Å². The third-order valence-corrected chi connectivity index (χ3v) is 5.41. The minimum Gasteiger partial charge on any atom is -0.360 e. The molecule has 5 heteroatoms. The summed E-state index contributed by atoms with van der Waals surface area (Å²) in [6.45, 7) is 0.587. The molecule has 0 unspecified atom stereocenters. The fraction of sp³-hybridized carbons (Fsp3) is 0.118. The number of carbonyl (C=O) groups is 1. The maximum atomic E-state index is 12.7. The Hall–Kier alpha value is -1.59. The number of benzene rings is 2. The first-order chi connectivity index (χ1) is 10.6. The normalized spacial score (nSPS) is 10.9. The van der Waals surface area contributed by atoms with Crippen molar-refractivity contribution in [1.29, 1.82) is 0 Å². The van der Waals surface area contributed by atoms with Crippen LogP contribution in [0.2, 0.25) is 0 Å². The molecule has 0 bridgehead atoms. The highest BCUT2D eigenvalue weighted by Gasteiger charge is 2.17. The molecule has 0 atom stereocenters. The lowest BCUT2D eigenvalue weighted by molar-refractivity contribution is 0.0787. The van der Waals surface area contributed by atoms with Gasteiger partial charge in [-0.15, -0.1) is 0 Å². The van der Waals surface area contributed by atoms with Crippen LogP contribution in [0, 0.1) is 0 Å². The summed E-state index contributed by atoms with van der Waals surface area (Å²) >= 11 is 6.96. The average Bonchev–Trinajstić information content (AvgIpc) is 2.90. The molecule has 0 radical (unpaired) electrons. The number of hydrogen-bond donors (Lipinski definition) is 1. The summed E-state index contributed by atoms with van der Waals surface area (Å²) in [5.41, 5.74) is 2.73. The van der Waals surface area contributed by atoms with E-state index in [2.05, 4.69) is 36.8 Å². The Balaban J connectivity index is 1.90. The van der Waals surface area contributed by atoms with Crippen LogP contribution in [0.4, 0.5) is 0 Å². The number of nitrogens with one attached hydrogen (secondary N) is 1. The number of fused-ring (bicyclic) bond motifs is 1. The van der Waals surface area contributed by atoms with Gasteiger partial charge in [0, 0.05) is 39.6 Å². The third-order valence-electron chi connectivity index (χ3n) is 3.56. The summed E-state index contributed by atoms with van der Waals surface area (Å²) in [6.07, 6.45) is 1.77. The Bertz CT molecular complexity index is 827. The summed E-state index contributed by atoms with van der Waals surface area (Å²) in [4.78, 5) is 17.6. The molecule has 0 aliphatic carbocycles. The van der Waals surface area contributed by atoms with Gasteiger partial charge in [0.25, 0.3) is 5.91 Å². The van der Waals surface area contributed by atoms with Crippen molar-refractivity contribution in [3.63, 3.8) is 0 Å². The van der Waals surface area contributed by atoms with Crippen molar-refractivity contribution >= 4 is 48.7 Å². The summed E-state index contributed by atoms with van der Waals surface area (Å²) < 4.78 is 1.89. The molecule has 3 aromatic rings. The molecule has 2 aromatic carbocycles. The summed E-state index contributed by atoms with van der Waals surface area (Å²) in [5.74, 6) is 0.00401. The number of rotatable bonds is 3. The van der Waals surface area contributed by atoms with Crippen molar-refractivity contribution in [1.82, 2.24) is 9.88 Å². The maximum Gasteiger partial charge on any atom is 0.256 e. The van der Waals surface area contributed by atoms with Gasteiger partial charge in [0.1, 0.15) is 0 Å². The lowest BCUT2D eigenvalue weighted by Crippen LogP contribution is -2.25. The van der Waals surface area contributed by atoms with Crippen molar-refractivity contribution in [2.45, 2.75) is 6.54 Å². The molecule has 0 aliphatic heterocycles. The van der Waals surface area contributed by atoms with Gasteiger partial charge in [-0.25, -0.2) is 0 Å². The number of aromatic nitrogens is 1. The number of hydrogen-bond acceptors (Lipinski definition) is 1. The van der Waals surface area contributed by atoms with Gasteiger partial charge in [-0.3, -0.25) is 4.79 Å². The van der Waals surface area contributed by atoms with Crippen LogP contribution >= 0.6 is 31.9 Å². The van der Waals surface area contributed by atoms with E-state index in [4.69, 9.17) is 0 Å². The Morgan fingerprint density at radius 1 is 1.14 bits per heavy atom. The predicted molar refractivity (Wildman–Crippen MR) is 95.9 cm³/mol. The molecule has 1 aromatic heterocycles. The van der Waals surface area contributed by atoms with Crippen LogP contribution in [0.5, 0.6) is 0 Å². The number of amides is 1. The number of nitrogens with zero attached hydrogens (tertiary/aromatic N) is 1. The molecule has 0 saturated heterocycles. The van der Waals surface area contributed by atoms with Crippen LogP contribution in [0.1, 0.15) is 15.9 Å². The topological polar surface area (TPSA) is 36.1 Å². The number of halogens is 2. The van der Waals surface area contributed by atoms with Gasteiger partial charge in [-0.2, -0.15) is 0 Å². The molecule has 3 rings (SSSR count). The highest BCUT2D eigenvalue weighted by atomic mass is 79.9. The molecule has 1 heterocycles. The first-order valence-electron chi connectivity index (χ1n) is 6.82. The van der Waals surface area contributed by atoms with E-state index in [-0.39, 0.29) is 5.91 Å². The van der Waals surface area contributed by atoms with Crippen molar-refractivity contribution in [2.24, 2.45) is 0 Å². The van der Waals surface area contributed by atoms with Crippen LogP contribution in [0.15, 0.2) is 57.6 Å². The predicted octanol–water partition coefficient (Wildman–Crippen LogP) is 4.97. The number of H-pyrrole nitrogens is 1. The molecule has 0 spiro atoms. The zero-order valence-electron chi connectivity index (χ0n) is 11.9. The third kappa shape index (κ3) is 2.96. The Morgan fingerprint density at radius 3 is 2.55 bits per heavy atom. The largest absolute Gasteiger partial charge is 0.360 e. The van der Waals surface area contributed by atoms with Crippen LogP contribution < -0.4 is 0 Å². The van der Waals surface area contributed by atoms with E-state index < -0.39 is 0 Å². The number of aromatic amines is 1. The highest BCUT2D eigenvalue weighted by molar-refractivity contribution is 9.13. The Labute approximate surface area is 145 Å². The lowest BCUT2D eigenvalue weighted by atomic mass is 10.1. The smallest absolute Gasteiger partial charge is 0.256 e. The lowest BCUT2D eigenvalue weighted by Gasteiger charge is -2.17. The molecule has 112 valence electrons. The van der Waals surface area contributed by atoms with Crippen molar-refractivity contribution < 1.29 is 4.79 Å². The SMILES string of the molecule is CN(Cc1ccccc1)C(=O)c1c[nH]c2cc(Br)c(Br)cc12. The second kappa shape index (κ2) is 6.26. The van der Waals surface area contributed by atoms with Crippen LogP contribution in [-0.4, -0.2) is 22.8 Å². The average molecular weight is 422 g/mol. The van der Waals surface area contributed by atoms with Gasteiger partial charge >= 0.3 is 0 Å². The zero-order valence-corrected chi connectivity index (χ0v) is 15.1. The van der Waals surface area contributed by atoms with Gasteiger partial charge in [0.15, 0.2) is 0 Å². The Morgan fingerprint density at radius 2 is 1.82 bits per heavy atom. The van der Waals surface area contributed by atoms with E-state index >= 15 is 0 Å². The standard InChI is InChI=1S/C17H14Br2N2O/c1-21(10-11-5-3-2-4-6-11)17(22)13-9-20-16-8-15(19)14(18)7-12(13)16/h2-9,20H,10H2,1H3. The minimum atomic E-state index is 0.00401. The monoisotopic (exact) mass is 420 g/mol. The molecule has 0 saturated carbocycles. The van der Waals surface area contributed by atoms with E-state index in [1.807, 2.05) is 49.5 Å². The fourth-order valence-corrected chi connectivity index (χ4v) is 3.12. The molecular formula is C17H14Br2N2O. The molecule has 1 amide bonds. The van der Waals surface area contributed by atoms with Gasteiger partial charge in [0.2, 0.25) is 0 Å². The zero-order chi connectivity index (χ0) is 15.7. The van der Waals surface area contributed by atoms with Crippen molar-refractivity contribution in [3.05, 3.63) is 68.7 Å². The molecule has 1 N–H and O–H groups in total. The van der Waals surface area contributed by atoms with Gasteiger partial charge in [0.05, 0.1) is 5.56 Å². The molecule has 0 aliphatic rings. The first kappa shape index (κ1) is 15.3. The summed E-state index contributed by atoms with van der Waals surface area (Å²) in [7, 11) is 1.82. The van der Waals surface area contributed by atoms with E-state index in [0.717, 1.165) is 25.4 Å². The second-order valence-electron chi connectivity index (χ2n) is 5.16. The summed E-state index contributed by atoms with van der Waals surface area (Å²) in [5, 5.41) is 0.917. The molecule has 3 nitrogen and oxygen atoms in total. The van der Waals surface area contributed by atoms with Crippen LogP contribution in [0.25, 0.3) is 10.9 Å². The minimum absolute atomic E-state index is 0.00401. The fourth-order valence-electron chi connectivity index (χ4n) is 2.43. The van der Waals surface area contributed by atoms with E-state index in [0.29, 0.717) is 12.1 Å². The van der Waals surface area contributed by atoms with E-state index in [9.17, 15) is 4.79 Å². The first-order valence-corrected chi connectivity index (χ1v) is 8.40.